The average molecular weight is 408 g/mol. The van der Waals surface area contributed by atoms with E-state index in [9.17, 15) is 9.59 Å². The Morgan fingerprint density at radius 1 is 1.07 bits per heavy atom. The smallest absolute Gasteiger partial charge is 0.303 e. The maximum absolute atomic E-state index is 12.9. The van der Waals surface area contributed by atoms with E-state index in [1.165, 1.54) is 16.7 Å². The molecule has 1 aliphatic rings. The lowest BCUT2D eigenvalue weighted by atomic mass is 9.96. The zero-order valence-corrected chi connectivity index (χ0v) is 16.6. The highest BCUT2D eigenvalue weighted by Crippen LogP contribution is 2.36. The second-order valence-corrected chi connectivity index (χ2v) is 8.24. The fourth-order valence-corrected chi connectivity index (χ4v) is 4.71. The number of carboxylic acids is 1. The highest BCUT2D eigenvalue weighted by Gasteiger charge is 2.31. The fraction of sp³-hybridized carbons (Fsp3) is 0.136. The van der Waals surface area contributed by atoms with Gasteiger partial charge in [0.15, 0.2) is 0 Å². The van der Waals surface area contributed by atoms with Crippen LogP contribution in [0.4, 0.5) is 0 Å². The third-order valence-corrected chi connectivity index (χ3v) is 6.11. The van der Waals surface area contributed by atoms with Crippen molar-refractivity contribution in [2.45, 2.75) is 12.8 Å². The molecule has 0 aliphatic carbocycles. The Kier molecular flexibility index (Phi) is 5.15. The minimum atomic E-state index is -0.872. The lowest BCUT2D eigenvalue weighted by Crippen LogP contribution is -2.29. The number of amides is 1. The number of hydrogen-bond donors (Lipinski definition) is 1. The van der Waals surface area contributed by atoms with Crippen LogP contribution < -0.4 is 0 Å². The molecule has 4 rings (SSSR count). The van der Waals surface area contributed by atoms with E-state index >= 15 is 0 Å². The molecule has 3 aromatic carbocycles. The Hall–Kier alpha value is -2.70. The number of benzene rings is 3. The quantitative estimate of drug-likeness (QED) is 0.364. The van der Waals surface area contributed by atoms with Gasteiger partial charge in [0.2, 0.25) is 0 Å². The number of nitrogens with zero attached hydrogens (tertiary/aromatic N) is 1. The summed E-state index contributed by atoms with van der Waals surface area (Å²) in [7, 11) is 0. The van der Waals surface area contributed by atoms with Crippen molar-refractivity contribution < 1.29 is 14.7 Å². The summed E-state index contributed by atoms with van der Waals surface area (Å²) >= 11 is 6.64. The second kappa shape index (κ2) is 7.73. The van der Waals surface area contributed by atoms with E-state index in [0.29, 0.717) is 22.2 Å². The molecule has 0 spiro atoms. The number of thiocarbonyl (C=S) groups is 1. The first-order valence-corrected chi connectivity index (χ1v) is 10.1. The van der Waals surface area contributed by atoms with Crippen molar-refractivity contribution in [3.05, 3.63) is 65.1 Å². The Balaban J connectivity index is 1.76. The molecule has 0 unspecified atom stereocenters. The van der Waals surface area contributed by atoms with Crippen molar-refractivity contribution in [3.63, 3.8) is 0 Å². The predicted octanol–water partition coefficient (Wildman–Crippen LogP) is 5.06. The first kappa shape index (κ1) is 18.7. The molecular weight excluding hydrogens is 390 g/mol. The Labute approximate surface area is 171 Å². The molecule has 1 fully saturated rings. The normalized spacial score (nSPS) is 15.9. The molecule has 1 N–H and O–H groups in total. The van der Waals surface area contributed by atoms with E-state index in [0.717, 1.165) is 27.1 Å². The van der Waals surface area contributed by atoms with Crippen LogP contribution in [0.2, 0.25) is 0 Å². The van der Waals surface area contributed by atoms with E-state index in [-0.39, 0.29) is 12.3 Å². The van der Waals surface area contributed by atoms with Crippen molar-refractivity contribution in [2.24, 2.45) is 0 Å². The summed E-state index contributed by atoms with van der Waals surface area (Å²) in [5.74, 6) is -1.03. The van der Waals surface area contributed by atoms with Crippen LogP contribution >= 0.6 is 24.0 Å². The van der Waals surface area contributed by atoms with E-state index in [1.54, 1.807) is 0 Å². The number of carbonyl (C=O) groups is 2. The topological polar surface area (TPSA) is 57.6 Å². The van der Waals surface area contributed by atoms with Crippen LogP contribution in [0.15, 0.2) is 59.5 Å². The van der Waals surface area contributed by atoms with Gasteiger partial charge in [0.05, 0.1) is 4.91 Å². The van der Waals surface area contributed by atoms with Crippen LogP contribution in [0, 0.1) is 0 Å². The maximum Gasteiger partial charge on any atom is 0.303 e. The molecule has 1 amide bonds. The lowest BCUT2D eigenvalue weighted by molar-refractivity contribution is -0.137. The monoisotopic (exact) mass is 407 g/mol. The largest absolute Gasteiger partial charge is 0.481 e. The Morgan fingerprint density at radius 2 is 1.68 bits per heavy atom. The molecule has 6 heteroatoms. The van der Waals surface area contributed by atoms with Gasteiger partial charge in [0, 0.05) is 13.0 Å². The molecule has 0 bridgehead atoms. The van der Waals surface area contributed by atoms with Gasteiger partial charge in [-0.05, 0) is 45.7 Å². The minimum Gasteiger partial charge on any atom is -0.481 e. The van der Waals surface area contributed by atoms with Crippen LogP contribution in [0.5, 0.6) is 0 Å². The summed E-state index contributed by atoms with van der Waals surface area (Å²) < 4.78 is 0.478. The number of carboxylic acid groups (broad SMARTS) is 1. The maximum atomic E-state index is 12.9. The second-order valence-electron chi connectivity index (χ2n) is 6.56. The summed E-state index contributed by atoms with van der Waals surface area (Å²) in [5.41, 5.74) is 1.000. The van der Waals surface area contributed by atoms with Gasteiger partial charge in [0.1, 0.15) is 4.32 Å². The number of hydrogen-bond acceptors (Lipinski definition) is 4. The zero-order chi connectivity index (χ0) is 19.7. The molecular formula is C22H17NO3S2. The van der Waals surface area contributed by atoms with E-state index < -0.39 is 5.97 Å². The van der Waals surface area contributed by atoms with Gasteiger partial charge in [-0.25, -0.2) is 0 Å². The number of thioether (sulfide) groups is 1. The van der Waals surface area contributed by atoms with Crippen LogP contribution in [-0.4, -0.2) is 32.7 Å². The minimum absolute atomic E-state index is 0.0179. The van der Waals surface area contributed by atoms with Gasteiger partial charge < -0.3 is 5.11 Å². The summed E-state index contributed by atoms with van der Waals surface area (Å²) in [5, 5.41) is 13.2. The number of fused-ring (bicyclic) bond motifs is 2. The molecule has 0 radical (unpaired) electrons. The molecule has 140 valence electrons. The van der Waals surface area contributed by atoms with Crippen molar-refractivity contribution in [2.75, 3.05) is 6.54 Å². The fourth-order valence-electron chi connectivity index (χ4n) is 3.42. The van der Waals surface area contributed by atoms with Crippen molar-refractivity contribution in [3.8, 4) is 0 Å². The van der Waals surface area contributed by atoms with Crippen LogP contribution in [0.1, 0.15) is 18.4 Å². The van der Waals surface area contributed by atoms with Crippen LogP contribution in [0.3, 0.4) is 0 Å². The number of carbonyl (C=O) groups excluding carboxylic acids is 1. The first-order valence-electron chi connectivity index (χ1n) is 8.92. The summed E-state index contributed by atoms with van der Waals surface area (Å²) in [6.45, 7) is 0.324. The molecule has 1 saturated heterocycles. The average Bonchev–Trinajstić information content (AvgIpc) is 2.95. The number of aliphatic carboxylic acids is 1. The van der Waals surface area contributed by atoms with Gasteiger partial charge >= 0.3 is 5.97 Å². The molecule has 1 aliphatic heterocycles. The van der Waals surface area contributed by atoms with Gasteiger partial charge in [-0.1, -0.05) is 72.5 Å². The molecule has 4 nitrogen and oxygen atoms in total. The molecule has 0 saturated carbocycles. The first-order chi connectivity index (χ1) is 13.5. The van der Waals surface area contributed by atoms with E-state index in [1.807, 2.05) is 30.3 Å². The standard InChI is InChI=1S/C22H17NO3S2/c24-20(25)10-5-11-23-21(26)19(28-22(23)27)13-18-16-8-3-1-6-14(16)12-15-7-2-4-9-17(15)18/h1-4,6-9,12-13H,5,10-11H2,(H,24,25)/b19-13-. The van der Waals surface area contributed by atoms with Crippen molar-refractivity contribution in [1.29, 1.82) is 0 Å². The van der Waals surface area contributed by atoms with Crippen LogP contribution in [-0.2, 0) is 9.59 Å². The Bertz CT molecular complexity index is 1100. The summed E-state index contributed by atoms with van der Waals surface area (Å²) in [6, 6.07) is 18.4. The molecule has 3 aromatic rings. The van der Waals surface area contributed by atoms with Gasteiger partial charge in [0.25, 0.3) is 5.91 Å². The van der Waals surface area contributed by atoms with E-state index in [4.69, 9.17) is 17.3 Å². The highest BCUT2D eigenvalue weighted by atomic mass is 32.2. The summed E-state index contributed by atoms with van der Waals surface area (Å²) in [4.78, 5) is 25.7. The number of rotatable bonds is 5. The third-order valence-electron chi connectivity index (χ3n) is 4.73. The molecule has 1 heterocycles. The van der Waals surface area contributed by atoms with Crippen LogP contribution in [0.25, 0.3) is 27.6 Å². The molecule has 28 heavy (non-hydrogen) atoms. The van der Waals surface area contributed by atoms with Gasteiger partial charge in [-0.15, -0.1) is 0 Å². The predicted molar refractivity (Wildman–Crippen MR) is 118 cm³/mol. The SMILES string of the molecule is O=C(O)CCCN1C(=O)/C(=C/c2c3ccccc3cc3ccccc23)SC1=S. The van der Waals surface area contributed by atoms with Crippen molar-refractivity contribution in [1.82, 2.24) is 4.90 Å². The summed E-state index contributed by atoms with van der Waals surface area (Å²) in [6.07, 6.45) is 2.32. The van der Waals surface area contributed by atoms with Crippen molar-refractivity contribution >= 4 is 67.8 Å². The third kappa shape index (κ3) is 3.53. The molecule has 0 aromatic heterocycles. The van der Waals surface area contributed by atoms with Gasteiger partial charge in [-0.3, -0.25) is 14.5 Å². The van der Waals surface area contributed by atoms with E-state index in [2.05, 4.69) is 30.3 Å². The lowest BCUT2D eigenvalue weighted by Gasteiger charge is -2.13. The highest BCUT2D eigenvalue weighted by molar-refractivity contribution is 8.26. The Morgan fingerprint density at radius 3 is 2.29 bits per heavy atom. The molecule has 0 atom stereocenters. The zero-order valence-electron chi connectivity index (χ0n) is 14.9. The van der Waals surface area contributed by atoms with Gasteiger partial charge in [-0.2, -0.15) is 0 Å².